The largest absolute Gasteiger partial charge is 0.318 e. The molecule has 2 heterocycles. The summed E-state index contributed by atoms with van der Waals surface area (Å²) in [5, 5.41) is 7.58. The second-order valence-electron chi connectivity index (χ2n) is 5.82. The van der Waals surface area contributed by atoms with Gasteiger partial charge in [-0.25, -0.2) is 0 Å². The van der Waals surface area contributed by atoms with Gasteiger partial charge in [0.1, 0.15) is 6.17 Å². The standard InChI is InChI=1S/C15H24N2O2S2/c1-5-10(2)13-15(18)17(11(3)9-21(4)19)14(16-13)12-6-7-20-8-12/h6-8,10-11,13-14,16H,5,9H2,1-4H3. The van der Waals surface area contributed by atoms with Gasteiger partial charge in [0.25, 0.3) is 0 Å². The molecular formula is C15H24N2O2S2. The molecule has 0 spiro atoms. The third kappa shape index (κ3) is 3.55. The number of thiophene rings is 1. The van der Waals surface area contributed by atoms with Crippen LogP contribution in [0.1, 0.15) is 38.9 Å². The SMILES string of the molecule is CCC(C)C1NC(c2ccsc2)N(C(C)CS(C)=O)C1=O. The predicted octanol–water partition coefficient (Wildman–Crippen LogP) is 2.36. The normalized spacial score (nSPS) is 26.9. The summed E-state index contributed by atoms with van der Waals surface area (Å²) in [6.07, 6.45) is 2.55. The molecule has 0 bridgehead atoms. The van der Waals surface area contributed by atoms with Crippen molar-refractivity contribution in [2.75, 3.05) is 12.0 Å². The Morgan fingerprint density at radius 2 is 2.19 bits per heavy atom. The molecule has 6 heteroatoms. The van der Waals surface area contributed by atoms with E-state index in [1.807, 2.05) is 17.2 Å². The van der Waals surface area contributed by atoms with Gasteiger partial charge in [0.15, 0.2) is 0 Å². The molecule has 4 nitrogen and oxygen atoms in total. The maximum atomic E-state index is 12.8. The highest BCUT2D eigenvalue weighted by Gasteiger charge is 2.43. The number of amides is 1. The Kier molecular flexibility index (Phi) is 5.57. The van der Waals surface area contributed by atoms with E-state index in [1.54, 1.807) is 17.6 Å². The van der Waals surface area contributed by atoms with Crippen LogP contribution in [-0.4, -0.2) is 39.1 Å². The average molecular weight is 329 g/mol. The second-order valence-corrected chi connectivity index (χ2v) is 8.08. The fourth-order valence-electron chi connectivity index (χ4n) is 2.83. The zero-order valence-corrected chi connectivity index (χ0v) is 14.7. The summed E-state index contributed by atoms with van der Waals surface area (Å²) in [6, 6.07) is 1.87. The van der Waals surface area contributed by atoms with Crippen molar-refractivity contribution >= 4 is 28.0 Å². The Bertz CT molecular complexity index is 504. The minimum atomic E-state index is -0.911. The fourth-order valence-corrected chi connectivity index (χ4v) is 4.35. The van der Waals surface area contributed by atoms with Crippen molar-refractivity contribution in [1.29, 1.82) is 0 Å². The number of nitrogens with zero attached hydrogens (tertiary/aromatic N) is 1. The van der Waals surface area contributed by atoms with Gasteiger partial charge in [-0.2, -0.15) is 11.3 Å². The molecule has 0 saturated carbocycles. The third-order valence-electron chi connectivity index (χ3n) is 4.16. The third-order valence-corrected chi connectivity index (χ3v) is 5.81. The smallest absolute Gasteiger partial charge is 0.241 e. The van der Waals surface area contributed by atoms with Crippen LogP contribution in [0.2, 0.25) is 0 Å². The maximum Gasteiger partial charge on any atom is 0.241 e. The van der Waals surface area contributed by atoms with Gasteiger partial charge >= 0.3 is 0 Å². The molecule has 2 rings (SSSR count). The maximum absolute atomic E-state index is 12.8. The van der Waals surface area contributed by atoms with Crippen LogP contribution in [0.5, 0.6) is 0 Å². The first-order valence-electron chi connectivity index (χ1n) is 7.36. The van der Waals surface area contributed by atoms with Crippen molar-refractivity contribution in [3.05, 3.63) is 22.4 Å². The molecule has 1 aliphatic rings. The zero-order chi connectivity index (χ0) is 15.6. The quantitative estimate of drug-likeness (QED) is 0.872. The van der Waals surface area contributed by atoms with Gasteiger partial charge in [0.2, 0.25) is 5.91 Å². The average Bonchev–Trinajstić information content (AvgIpc) is 3.04. The lowest BCUT2D eigenvalue weighted by Crippen LogP contribution is -2.42. The van der Waals surface area contributed by atoms with E-state index in [2.05, 4.69) is 30.6 Å². The van der Waals surface area contributed by atoms with Crippen molar-refractivity contribution in [2.45, 2.75) is 45.4 Å². The second kappa shape index (κ2) is 7.03. The van der Waals surface area contributed by atoms with Crippen LogP contribution in [0, 0.1) is 5.92 Å². The van der Waals surface area contributed by atoms with E-state index in [9.17, 15) is 9.00 Å². The molecule has 0 aliphatic carbocycles. The van der Waals surface area contributed by atoms with Gasteiger partial charge in [-0.05, 0) is 35.2 Å². The van der Waals surface area contributed by atoms with Crippen LogP contribution in [-0.2, 0) is 15.6 Å². The van der Waals surface area contributed by atoms with Crippen LogP contribution < -0.4 is 5.32 Å². The van der Waals surface area contributed by atoms with E-state index in [0.29, 0.717) is 11.7 Å². The molecule has 1 aliphatic heterocycles. The van der Waals surface area contributed by atoms with Gasteiger partial charge in [0.05, 0.1) is 6.04 Å². The van der Waals surface area contributed by atoms with Gasteiger partial charge in [0, 0.05) is 28.9 Å². The fraction of sp³-hybridized carbons (Fsp3) is 0.667. The Labute approximate surface area is 133 Å². The number of rotatable bonds is 6. The molecule has 1 aromatic rings. The summed E-state index contributed by atoms with van der Waals surface area (Å²) in [5.41, 5.74) is 1.12. The molecule has 21 heavy (non-hydrogen) atoms. The first kappa shape index (κ1) is 16.6. The molecule has 0 radical (unpaired) electrons. The highest BCUT2D eigenvalue weighted by Crippen LogP contribution is 2.32. The number of hydrogen-bond acceptors (Lipinski definition) is 4. The molecule has 1 N–H and O–H groups in total. The Morgan fingerprint density at radius 3 is 2.71 bits per heavy atom. The van der Waals surface area contributed by atoms with Gasteiger partial charge in [-0.1, -0.05) is 20.3 Å². The Balaban J connectivity index is 2.27. The highest BCUT2D eigenvalue weighted by molar-refractivity contribution is 7.84. The first-order valence-corrected chi connectivity index (χ1v) is 10.0. The van der Waals surface area contributed by atoms with E-state index in [4.69, 9.17) is 0 Å². The minimum Gasteiger partial charge on any atom is -0.318 e. The van der Waals surface area contributed by atoms with Crippen LogP contribution >= 0.6 is 11.3 Å². The minimum absolute atomic E-state index is 0.0326. The van der Waals surface area contributed by atoms with Gasteiger partial charge in [-0.15, -0.1) is 0 Å². The van der Waals surface area contributed by atoms with E-state index < -0.39 is 10.8 Å². The summed E-state index contributed by atoms with van der Waals surface area (Å²) in [7, 11) is -0.911. The van der Waals surface area contributed by atoms with E-state index >= 15 is 0 Å². The van der Waals surface area contributed by atoms with Crippen molar-refractivity contribution in [3.8, 4) is 0 Å². The Morgan fingerprint density at radius 1 is 1.48 bits per heavy atom. The summed E-state index contributed by atoms with van der Waals surface area (Å²) in [4.78, 5) is 14.7. The lowest BCUT2D eigenvalue weighted by molar-refractivity contribution is -0.132. The molecule has 5 unspecified atom stereocenters. The van der Waals surface area contributed by atoms with Crippen LogP contribution in [0.25, 0.3) is 0 Å². The molecule has 5 atom stereocenters. The monoisotopic (exact) mass is 328 g/mol. The lowest BCUT2D eigenvalue weighted by atomic mass is 9.99. The zero-order valence-electron chi connectivity index (χ0n) is 13.0. The summed E-state index contributed by atoms with van der Waals surface area (Å²) >= 11 is 1.63. The van der Waals surface area contributed by atoms with Crippen molar-refractivity contribution < 1.29 is 9.00 Å². The molecule has 1 saturated heterocycles. The topological polar surface area (TPSA) is 49.4 Å². The molecule has 1 fully saturated rings. The molecule has 0 aromatic carbocycles. The van der Waals surface area contributed by atoms with Crippen LogP contribution in [0.15, 0.2) is 16.8 Å². The number of carbonyl (C=O) groups excluding carboxylic acids is 1. The van der Waals surface area contributed by atoms with Gasteiger partial charge in [-0.3, -0.25) is 14.3 Å². The van der Waals surface area contributed by atoms with E-state index in [1.165, 1.54) is 0 Å². The predicted molar refractivity (Wildman–Crippen MR) is 88.7 cm³/mol. The van der Waals surface area contributed by atoms with Crippen LogP contribution in [0.3, 0.4) is 0 Å². The molecule has 1 amide bonds. The first-order chi connectivity index (χ1) is 9.95. The van der Waals surface area contributed by atoms with Crippen LogP contribution in [0.4, 0.5) is 0 Å². The highest BCUT2D eigenvalue weighted by atomic mass is 32.2. The summed E-state index contributed by atoms with van der Waals surface area (Å²) in [5.74, 6) is 0.947. The number of carbonyl (C=O) groups is 1. The number of nitrogens with one attached hydrogen (secondary N) is 1. The number of hydrogen-bond donors (Lipinski definition) is 1. The molecule has 1 aromatic heterocycles. The lowest BCUT2D eigenvalue weighted by Gasteiger charge is -2.29. The van der Waals surface area contributed by atoms with E-state index in [-0.39, 0.29) is 24.2 Å². The van der Waals surface area contributed by atoms with E-state index in [0.717, 1.165) is 12.0 Å². The Hall–Kier alpha value is -0.720. The summed E-state index contributed by atoms with van der Waals surface area (Å²) < 4.78 is 11.5. The van der Waals surface area contributed by atoms with Crippen molar-refractivity contribution in [1.82, 2.24) is 10.2 Å². The van der Waals surface area contributed by atoms with Crippen molar-refractivity contribution in [3.63, 3.8) is 0 Å². The van der Waals surface area contributed by atoms with Crippen molar-refractivity contribution in [2.24, 2.45) is 5.92 Å². The van der Waals surface area contributed by atoms with Gasteiger partial charge < -0.3 is 4.90 Å². The molecule has 118 valence electrons. The molecular weight excluding hydrogens is 304 g/mol. The summed E-state index contributed by atoms with van der Waals surface area (Å²) in [6.45, 7) is 6.19.